The van der Waals surface area contributed by atoms with E-state index in [1.54, 1.807) is 4.90 Å². The van der Waals surface area contributed by atoms with Crippen LogP contribution in [0.3, 0.4) is 0 Å². The van der Waals surface area contributed by atoms with E-state index in [2.05, 4.69) is 10.1 Å². The van der Waals surface area contributed by atoms with Crippen molar-refractivity contribution in [3.63, 3.8) is 0 Å². The van der Waals surface area contributed by atoms with Crippen molar-refractivity contribution in [2.75, 3.05) is 7.05 Å². The lowest BCUT2D eigenvalue weighted by molar-refractivity contribution is -0.164. The minimum Gasteiger partial charge on any atom is -0.452 e. The minimum atomic E-state index is -0.757. The van der Waals surface area contributed by atoms with Gasteiger partial charge in [0.05, 0.1) is 6.42 Å². The molecule has 28 heavy (non-hydrogen) atoms. The Morgan fingerprint density at radius 2 is 1.86 bits per heavy atom. The van der Waals surface area contributed by atoms with Crippen LogP contribution in [0.4, 0.5) is 0 Å². The highest BCUT2D eigenvalue weighted by atomic mass is 16.5. The third-order valence-corrected chi connectivity index (χ3v) is 5.26. The van der Waals surface area contributed by atoms with E-state index in [0.717, 1.165) is 25.7 Å². The average molecular weight is 394 g/mol. The van der Waals surface area contributed by atoms with Crippen molar-refractivity contribution < 1.29 is 18.8 Å². The molecule has 0 aromatic carbocycles. The Kier molecular flexibility index (Phi) is 7.61. The number of likely N-dealkylation sites (N-methyl/N-ethyl adjacent to an activating group) is 1. The third kappa shape index (κ3) is 6.04. The van der Waals surface area contributed by atoms with Crippen LogP contribution in [-0.4, -0.2) is 46.1 Å². The second kappa shape index (κ2) is 9.52. The summed E-state index contributed by atoms with van der Waals surface area (Å²) in [6, 6.07) is 0.246. The molecule has 1 aliphatic carbocycles. The summed E-state index contributed by atoms with van der Waals surface area (Å²) in [6.07, 6.45) is 5.22. The lowest BCUT2D eigenvalue weighted by atomic mass is 9.93. The summed E-state index contributed by atoms with van der Waals surface area (Å²) in [5.74, 6) is 0.412. The van der Waals surface area contributed by atoms with Crippen molar-refractivity contribution in [2.45, 2.75) is 97.1 Å². The number of hydrogen-bond donors (Lipinski definition) is 0. The van der Waals surface area contributed by atoms with Gasteiger partial charge in [0.15, 0.2) is 11.9 Å². The van der Waals surface area contributed by atoms with Crippen LogP contribution in [0.5, 0.6) is 0 Å². The standard InChI is InChI=1S/C21H35N3O4/c1-14(2)18(19(26)24(6)15-10-8-7-9-11-15)27-17(25)13-12-16-22-20(23-28-16)21(3,4)5/h14-15,18H,7-13H2,1-6H3. The van der Waals surface area contributed by atoms with E-state index >= 15 is 0 Å². The van der Waals surface area contributed by atoms with Gasteiger partial charge in [-0.1, -0.05) is 59.0 Å². The SMILES string of the molecule is CC(C)C(OC(=O)CCc1nc(C(C)(C)C)no1)C(=O)N(C)C1CCCCC1. The van der Waals surface area contributed by atoms with E-state index in [1.165, 1.54) is 6.42 Å². The number of ether oxygens (including phenoxy) is 1. The van der Waals surface area contributed by atoms with Crippen LogP contribution in [0, 0.1) is 5.92 Å². The molecular formula is C21H35N3O4. The maximum absolute atomic E-state index is 12.9. The molecule has 0 aliphatic heterocycles. The first-order chi connectivity index (χ1) is 13.1. The predicted molar refractivity (Wildman–Crippen MR) is 106 cm³/mol. The first kappa shape index (κ1) is 22.4. The summed E-state index contributed by atoms with van der Waals surface area (Å²) in [4.78, 5) is 31.4. The second-order valence-electron chi connectivity index (χ2n) is 9.16. The lowest BCUT2D eigenvalue weighted by Gasteiger charge is -2.34. The fourth-order valence-electron chi connectivity index (χ4n) is 3.39. The molecular weight excluding hydrogens is 358 g/mol. The molecule has 0 saturated heterocycles. The Morgan fingerprint density at radius 1 is 1.21 bits per heavy atom. The quantitative estimate of drug-likeness (QED) is 0.657. The molecule has 7 heteroatoms. The summed E-state index contributed by atoms with van der Waals surface area (Å²) in [7, 11) is 1.83. The summed E-state index contributed by atoms with van der Waals surface area (Å²) in [6.45, 7) is 9.79. The number of rotatable bonds is 7. The Morgan fingerprint density at radius 3 is 2.39 bits per heavy atom. The van der Waals surface area contributed by atoms with Gasteiger partial charge in [0.1, 0.15) is 0 Å². The van der Waals surface area contributed by atoms with Gasteiger partial charge in [-0.2, -0.15) is 4.98 Å². The molecule has 0 spiro atoms. The van der Waals surface area contributed by atoms with Gasteiger partial charge < -0.3 is 14.2 Å². The van der Waals surface area contributed by atoms with Crippen molar-refractivity contribution in [1.82, 2.24) is 15.0 Å². The molecule has 1 saturated carbocycles. The smallest absolute Gasteiger partial charge is 0.307 e. The van der Waals surface area contributed by atoms with Crippen LogP contribution < -0.4 is 0 Å². The zero-order valence-corrected chi connectivity index (χ0v) is 18.2. The Labute approximate surface area is 168 Å². The number of aromatic nitrogens is 2. The highest BCUT2D eigenvalue weighted by molar-refractivity contribution is 5.84. The number of nitrogens with zero attached hydrogens (tertiary/aromatic N) is 3. The van der Waals surface area contributed by atoms with Gasteiger partial charge in [-0.05, 0) is 18.8 Å². The van der Waals surface area contributed by atoms with Crippen molar-refractivity contribution in [2.24, 2.45) is 5.92 Å². The van der Waals surface area contributed by atoms with Crippen molar-refractivity contribution >= 4 is 11.9 Å². The molecule has 1 fully saturated rings. The largest absolute Gasteiger partial charge is 0.452 e. The molecule has 158 valence electrons. The van der Waals surface area contributed by atoms with E-state index < -0.39 is 12.1 Å². The molecule has 0 radical (unpaired) electrons. The number of aryl methyl sites for hydroxylation is 1. The van der Waals surface area contributed by atoms with Crippen LogP contribution in [-0.2, 0) is 26.2 Å². The summed E-state index contributed by atoms with van der Waals surface area (Å²) >= 11 is 0. The fourth-order valence-corrected chi connectivity index (χ4v) is 3.39. The normalized spacial score (nSPS) is 16.8. The summed E-state index contributed by atoms with van der Waals surface area (Å²) < 4.78 is 10.8. The molecule has 0 bridgehead atoms. The van der Waals surface area contributed by atoms with Crippen molar-refractivity contribution in [3.05, 3.63) is 11.7 Å². The first-order valence-corrected chi connectivity index (χ1v) is 10.4. The molecule has 1 amide bonds. The molecule has 0 N–H and O–H groups in total. The predicted octanol–water partition coefficient (Wildman–Crippen LogP) is 3.66. The van der Waals surface area contributed by atoms with Gasteiger partial charge in [0, 0.05) is 24.9 Å². The van der Waals surface area contributed by atoms with Gasteiger partial charge in [-0.3, -0.25) is 9.59 Å². The Hall–Kier alpha value is -1.92. The summed E-state index contributed by atoms with van der Waals surface area (Å²) in [5.41, 5.74) is -0.207. The van der Waals surface area contributed by atoms with E-state index in [1.807, 2.05) is 41.7 Å². The lowest BCUT2D eigenvalue weighted by Crippen LogP contribution is -2.47. The molecule has 1 heterocycles. The second-order valence-corrected chi connectivity index (χ2v) is 9.16. The van der Waals surface area contributed by atoms with Gasteiger partial charge in [-0.25, -0.2) is 0 Å². The fraction of sp³-hybridized carbons (Fsp3) is 0.810. The zero-order chi connectivity index (χ0) is 20.9. The highest BCUT2D eigenvalue weighted by Gasteiger charge is 2.32. The van der Waals surface area contributed by atoms with Crippen LogP contribution >= 0.6 is 0 Å². The number of hydrogen-bond acceptors (Lipinski definition) is 6. The number of amides is 1. The Bertz CT molecular complexity index is 657. The van der Waals surface area contributed by atoms with Gasteiger partial charge >= 0.3 is 5.97 Å². The molecule has 1 aliphatic rings. The zero-order valence-electron chi connectivity index (χ0n) is 18.2. The molecule has 7 nitrogen and oxygen atoms in total. The van der Waals surface area contributed by atoms with Gasteiger partial charge in [0.25, 0.3) is 5.91 Å². The average Bonchev–Trinajstić information content (AvgIpc) is 3.13. The molecule has 1 atom stereocenters. The van der Waals surface area contributed by atoms with Crippen molar-refractivity contribution in [1.29, 1.82) is 0 Å². The third-order valence-electron chi connectivity index (χ3n) is 5.26. The van der Waals surface area contributed by atoms with Gasteiger partial charge in [0.2, 0.25) is 5.89 Å². The van der Waals surface area contributed by atoms with Crippen LogP contribution in [0.1, 0.15) is 84.9 Å². The van der Waals surface area contributed by atoms with Gasteiger partial charge in [-0.15, -0.1) is 0 Å². The number of carbonyl (C=O) groups is 2. The number of esters is 1. The van der Waals surface area contributed by atoms with E-state index in [-0.39, 0.29) is 29.7 Å². The highest BCUT2D eigenvalue weighted by Crippen LogP contribution is 2.24. The summed E-state index contributed by atoms with van der Waals surface area (Å²) in [5, 5.41) is 3.96. The van der Waals surface area contributed by atoms with Crippen LogP contribution in [0.15, 0.2) is 4.52 Å². The maximum Gasteiger partial charge on any atom is 0.307 e. The van der Waals surface area contributed by atoms with E-state index in [0.29, 0.717) is 18.1 Å². The molecule has 1 unspecified atom stereocenters. The Balaban J connectivity index is 1.91. The topological polar surface area (TPSA) is 85.5 Å². The maximum atomic E-state index is 12.9. The first-order valence-electron chi connectivity index (χ1n) is 10.4. The monoisotopic (exact) mass is 393 g/mol. The minimum absolute atomic E-state index is 0.0848. The number of carbonyl (C=O) groups excluding carboxylic acids is 2. The van der Waals surface area contributed by atoms with E-state index in [9.17, 15) is 9.59 Å². The van der Waals surface area contributed by atoms with Crippen LogP contribution in [0.2, 0.25) is 0 Å². The molecule has 1 aromatic heterocycles. The molecule has 1 aromatic rings. The van der Waals surface area contributed by atoms with Crippen molar-refractivity contribution in [3.8, 4) is 0 Å². The van der Waals surface area contributed by atoms with Crippen LogP contribution in [0.25, 0.3) is 0 Å². The molecule has 2 rings (SSSR count). The van der Waals surface area contributed by atoms with E-state index in [4.69, 9.17) is 9.26 Å².